The summed E-state index contributed by atoms with van der Waals surface area (Å²) in [4.78, 5) is 14.5. The number of hydrogen-bond acceptors (Lipinski definition) is 4. The summed E-state index contributed by atoms with van der Waals surface area (Å²) in [7, 11) is 0. The number of aromatic carboxylic acids is 1. The second kappa shape index (κ2) is 4.10. The highest BCUT2D eigenvalue weighted by Gasteiger charge is 2.20. The zero-order chi connectivity index (χ0) is 12.6. The maximum atomic E-state index is 13.5. The molecule has 3 N–H and O–H groups in total. The molecule has 17 heavy (non-hydrogen) atoms. The van der Waals surface area contributed by atoms with Gasteiger partial charge in [0.05, 0.1) is 0 Å². The number of aromatic nitrogens is 1. The molecular formula is C10H6F2N2O2S. The quantitative estimate of drug-likeness (QED) is 0.864. The topological polar surface area (TPSA) is 76.2 Å². The predicted octanol–water partition coefficient (Wildman–Crippen LogP) is 2.37. The summed E-state index contributed by atoms with van der Waals surface area (Å²) < 4.78 is 26.2. The highest BCUT2D eigenvalue weighted by atomic mass is 32.1. The van der Waals surface area contributed by atoms with Crippen LogP contribution in [0.15, 0.2) is 18.2 Å². The number of rotatable bonds is 2. The van der Waals surface area contributed by atoms with E-state index in [0.717, 1.165) is 23.5 Å². The Morgan fingerprint density at radius 2 is 2.12 bits per heavy atom. The van der Waals surface area contributed by atoms with Gasteiger partial charge in [-0.25, -0.2) is 18.6 Å². The van der Waals surface area contributed by atoms with E-state index in [4.69, 9.17) is 10.8 Å². The van der Waals surface area contributed by atoms with Crippen LogP contribution in [0.1, 0.15) is 9.67 Å². The number of carboxylic acid groups (broad SMARTS) is 1. The van der Waals surface area contributed by atoms with Crippen LogP contribution in [0.25, 0.3) is 11.3 Å². The number of anilines is 1. The van der Waals surface area contributed by atoms with E-state index in [0.29, 0.717) is 6.07 Å². The van der Waals surface area contributed by atoms with Gasteiger partial charge in [-0.2, -0.15) is 0 Å². The van der Waals surface area contributed by atoms with E-state index in [1.807, 2.05) is 0 Å². The second-order valence-electron chi connectivity index (χ2n) is 3.16. The van der Waals surface area contributed by atoms with Crippen molar-refractivity contribution in [3.05, 3.63) is 34.7 Å². The van der Waals surface area contributed by atoms with E-state index in [1.54, 1.807) is 0 Å². The number of carboxylic acids is 1. The molecule has 1 heterocycles. The van der Waals surface area contributed by atoms with Gasteiger partial charge < -0.3 is 10.8 Å². The van der Waals surface area contributed by atoms with Crippen LogP contribution >= 0.6 is 11.3 Å². The SMILES string of the molecule is Nc1nc(-c2ccc(F)cc2F)c(C(=O)O)s1. The van der Waals surface area contributed by atoms with E-state index < -0.39 is 17.6 Å². The van der Waals surface area contributed by atoms with Crippen LogP contribution in [0, 0.1) is 11.6 Å². The lowest BCUT2D eigenvalue weighted by atomic mass is 10.1. The normalized spacial score (nSPS) is 10.5. The van der Waals surface area contributed by atoms with Gasteiger partial charge in [-0.15, -0.1) is 0 Å². The number of halogens is 2. The molecule has 0 spiro atoms. The summed E-state index contributed by atoms with van der Waals surface area (Å²) in [5, 5.41) is 8.92. The fraction of sp³-hybridized carbons (Fsp3) is 0. The molecule has 0 bridgehead atoms. The lowest BCUT2D eigenvalue weighted by Gasteiger charge is -2.00. The molecule has 0 radical (unpaired) electrons. The van der Waals surface area contributed by atoms with Crippen molar-refractivity contribution < 1.29 is 18.7 Å². The van der Waals surface area contributed by atoms with Gasteiger partial charge in [0.25, 0.3) is 0 Å². The Labute approximate surface area is 98.3 Å². The highest BCUT2D eigenvalue weighted by Crippen LogP contribution is 2.31. The lowest BCUT2D eigenvalue weighted by Crippen LogP contribution is -1.97. The van der Waals surface area contributed by atoms with Gasteiger partial charge in [0.2, 0.25) is 0 Å². The molecule has 2 aromatic rings. The first-order valence-corrected chi connectivity index (χ1v) is 5.25. The van der Waals surface area contributed by atoms with Crippen LogP contribution in [0.3, 0.4) is 0 Å². The van der Waals surface area contributed by atoms with Crippen molar-refractivity contribution in [2.24, 2.45) is 0 Å². The number of nitrogens with zero attached hydrogens (tertiary/aromatic N) is 1. The summed E-state index contributed by atoms with van der Waals surface area (Å²) in [6.45, 7) is 0. The van der Waals surface area contributed by atoms with Gasteiger partial charge in [-0.05, 0) is 12.1 Å². The molecule has 1 aromatic carbocycles. The monoisotopic (exact) mass is 256 g/mol. The number of thiazole rings is 1. The molecule has 0 unspecified atom stereocenters. The standard InChI is InChI=1S/C10H6F2N2O2S/c11-4-1-2-5(6(12)3-4)7-8(9(15)16)17-10(13)14-7/h1-3H,(H2,13,14)(H,15,16). The molecule has 0 aliphatic heterocycles. The highest BCUT2D eigenvalue weighted by molar-refractivity contribution is 7.17. The Morgan fingerprint density at radius 3 is 2.71 bits per heavy atom. The minimum Gasteiger partial charge on any atom is -0.477 e. The number of hydrogen-bond donors (Lipinski definition) is 2. The number of nitrogen functional groups attached to an aromatic ring is 1. The van der Waals surface area contributed by atoms with E-state index >= 15 is 0 Å². The Hall–Kier alpha value is -2.02. The molecular weight excluding hydrogens is 250 g/mol. The van der Waals surface area contributed by atoms with Crippen molar-refractivity contribution >= 4 is 22.4 Å². The predicted molar refractivity (Wildman–Crippen MR) is 58.8 cm³/mol. The van der Waals surface area contributed by atoms with Crippen molar-refractivity contribution in [2.45, 2.75) is 0 Å². The number of nitrogens with two attached hydrogens (primary N) is 1. The minimum absolute atomic E-state index is 0.0149. The first-order valence-electron chi connectivity index (χ1n) is 4.44. The average molecular weight is 256 g/mol. The Morgan fingerprint density at radius 1 is 1.41 bits per heavy atom. The molecule has 0 saturated carbocycles. The fourth-order valence-corrected chi connectivity index (χ4v) is 2.03. The zero-order valence-corrected chi connectivity index (χ0v) is 9.09. The van der Waals surface area contributed by atoms with Gasteiger partial charge >= 0.3 is 5.97 Å². The van der Waals surface area contributed by atoms with Crippen LogP contribution in [-0.2, 0) is 0 Å². The van der Waals surface area contributed by atoms with E-state index in [9.17, 15) is 13.6 Å². The Balaban J connectivity index is 2.63. The molecule has 0 aliphatic carbocycles. The fourth-order valence-electron chi connectivity index (χ4n) is 1.35. The van der Waals surface area contributed by atoms with Crippen molar-refractivity contribution in [1.29, 1.82) is 0 Å². The van der Waals surface area contributed by atoms with Gasteiger partial charge in [0.15, 0.2) is 5.13 Å². The maximum absolute atomic E-state index is 13.5. The van der Waals surface area contributed by atoms with E-state index in [-0.39, 0.29) is 21.3 Å². The number of carbonyl (C=O) groups is 1. The van der Waals surface area contributed by atoms with E-state index in [2.05, 4.69) is 4.98 Å². The molecule has 7 heteroatoms. The van der Waals surface area contributed by atoms with Crippen LogP contribution < -0.4 is 5.73 Å². The first kappa shape index (κ1) is 11.5. The summed E-state index contributed by atoms with van der Waals surface area (Å²) in [5.74, 6) is -2.87. The van der Waals surface area contributed by atoms with Gasteiger partial charge in [0.1, 0.15) is 22.2 Å². The molecule has 2 rings (SSSR count). The van der Waals surface area contributed by atoms with Gasteiger partial charge in [0, 0.05) is 11.6 Å². The van der Waals surface area contributed by atoms with Crippen molar-refractivity contribution in [1.82, 2.24) is 4.98 Å². The average Bonchev–Trinajstić information content (AvgIpc) is 2.60. The van der Waals surface area contributed by atoms with Crippen LogP contribution in [0.5, 0.6) is 0 Å². The third-order valence-electron chi connectivity index (χ3n) is 2.02. The van der Waals surface area contributed by atoms with Gasteiger partial charge in [-0.3, -0.25) is 0 Å². The van der Waals surface area contributed by atoms with Crippen molar-refractivity contribution in [2.75, 3.05) is 5.73 Å². The third-order valence-corrected chi connectivity index (χ3v) is 2.90. The van der Waals surface area contributed by atoms with E-state index in [1.165, 1.54) is 0 Å². The molecule has 4 nitrogen and oxygen atoms in total. The molecule has 88 valence electrons. The Kier molecular flexibility index (Phi) is 2.76. The largest absolute Gasteiger partial charge is 0.477 e. The first-order chi connectivity index (χ1) is 7.99. The molecule has 0 amide bonds. The number of benzene rings is 1. The van der Waals surface area contributed by atoms with Crippen LogP contribution in [0.2, 0.25) is 0 Å². The summed E-state index contributed by atoms with van der Waals surface area (Å²) in [6.07, 6.45) is 0. The summed E-state index contributed by atoms with van der Waals surface area (Å²) in [6, 6.07) is 2.82. The molecule has 0 aliphatic rings. The Bertz CT molecular complexity index is 598. The molecule has 1 aromatic heterocycles. The smallest absolute Gasteiger partial charge is 0.348 e. The van der Waals surface area contributed by atoms with Crippen LogP contribution in [0.4, 0.5) is 13.9 Å². The zero-order valence-electron chi connectivity index (χ0n) is 8.28. The maximum Gasteiger partial charge on any atom is 0.348 e. The molecule has 0 fully saturated rings. The van der Waals surface area contributed by atoms with Crippen LogP contribution in [-0.4, -0.2) is 16.1 Å². The van der Waals surface area contributed by atoms with Crippen molar-refractivity contribution in [3.8, 4) is 11.3 Å². The van der Waals surface area contributed by atoms with Gasteiger partial charge in [-0.1, -0.05) is 11.3 Å². The summed E-state index contributed by atoms with van der Waals surface area (Å²) >= 11 is 0.737. The molecule has 0 atom stereocenters. The lowest BCUT2D eigenvalue weighted by molar-refractivity contribution is 0.0702. The second-order valence-corrected chi connectivity index (χ2v) is 4.19. The molecule has 0 saturated heterocycles. The van der Waals surface area contributed by atoms with Crippen molar-refractivity contribution in [3.63, 3.8) is 0 Å². The summed E-state index contributed by atoms with van der Waals surface area (Å²) in [5.41, 5.74) is 5.21. The third kappa shape index (κ3) is 2.09. The minimum atomic E-state index is -1.25.